The number of likely N-dealkylation sites (N-methyl/N-ethyl adjacent to an activating group) is 1. The van der Waals surface area contributed by atoms with E-state index in [1.165, 1.54) is 43.3 Å². The second-order valence-electron chi connectivity index (χ2n) is 13.5. The summed E-state index contributed by atoms with van der Waals surface area (Å²) in [5, 5.41) is 13.1. The summed E-state index contributed by atoms with van der Waals surface area (Å²) >= 11 is 0. The Bertz CT molecular complexity index is 1590. The van der Waals surface area contributed by atoms with Crippen molar-refractivity contribution in [2.24, 2.45) is 5.41 Å². The molecule has 0 bridgehead atoms. The fourth-order valence-corrected chi connectivity index (χ4v) is 6.13. The summed E-state index contributed by atoms with van der Waals surface area (Å²) in [6.45, 7) is 10.1. The van der Waals surface area contributed by atoms with Crippen molar-refractivity contribution in [1.82, 2.24) is 25.9 Å². The second-order valence-corrected chi connectivity index (χ2v) is 13.5. The third-order valence-corrected chi connectivity index (χ3v) is 9.05. The lowest BCUT2D eigenvalue weighted by molar-refractivity contribution is -0.134. The van der Waals surface area contributed by atoms with Crippen LogP contribution in [0, 0.1) is 5.41 Å². The molecule has 1 unspecified atom stereocenters. The zero-order valence-corrected chi connectivity index (χ0v) is 30.8. The number of hydrogen-bond acceptors (Lipinski definition) is 10. The van der Waals surface area contributed by atoms with Crippen molar-refractivity contribution >= 4 is 76.3 Å². The second kappa shape index (κ2) is 17.3. The van der Waals surface area contributed by atoms with Crippen LogP contribution in [0.4, 0.5) is 22.9 Å². The molecular formula is C35H50Cl2N8O4. The van der Waals surface area contributed by atoms with Crippen molar-refractivity contribution in [2.75, 3.05) is 48.9 Å². The van der Waals surface area contributed by atoms with Gasteiger partial charge < -0.3 is 30.9 Å². The Kier molecular flexibility index (Phi) is 14.0. The molecule has 3 aromatic rings. The number of rotatable bonds is 10. The molecule has 2 fully saturated rings. The Morgan fingerprint density at radius 1 is 1.02 bits per heavy atom. The fraction of sp³-hybridized carbons (Fsp3) is 0.514. The van der Waals surface area contributed by atoms with Gasteiger partial charge in [-0.3, -0.25) is 14.4 Å². The topological polar surface area (TPSA) is 141 Å². The first-order chi connectivity index (χ1) is 22.5. The molecule has 2 saturated heterocycles. The highest BCUT2D eigenvalue weighted by Crippen LogP contribution is 2.38. The highest BCUT2D eigenvalue weighted by atomic mass is 35.5. The molecule has 2 aliphatic heterocycles. The number of amides is 3. The number of carbonyl (C=O) groups is 3. The predicted molar refractivity (Wildman–Crippen MR) is 200 cm³/mol. The van der Waals surface area contributed by atoms with E-state index in [1.54, 1.807) is 26.1 Å². The number of piperidine rings is 1. The van der Waals surface area contributed by atoms with Crippen LogP contribution < -0.4 is 35.8 Å². The third-order valence-electron chi connectivity index (χ3n) is 9.05. The number of anilines is 4. The molecule has 0 spiro atoms. The van der Waals surface area contributed by atoms with Crippen LogP contribution in [-0.4, -0.2) is 79.6 Å². The molecule has 2 aromatic carbocycles. The maximum Gasteiger partial charge on any atom is 0.257 e. The first kappa shape index (κ1) is 39.7. The lowest BCUT2D eigenvalue weighted by atomic mass is 9.85. The van der Waals surface area contributed by atoms with Crippen molar-refractivity contribution in [3.63, 3.8) is 0 Å². The molecule has 0 saturated carbocycles. The number of hydrogen-bond donors (Lipinski definition) is 4. The van der Waals surface area contributed by atoms with Gasteiger partial charge in [0.15, 0.2) is 0 Å². The maximum atomic E-state index is 14.6. The predicted octanol–water partition coefficient (Wildman–Crippen LogP) is 4.97. The molecule has 49 heavy (non-hydrogen) atoms. The average molecular weight is 718 g/mol. The van der Waals surface area contributed by atoms with Crippen LogP contribution in [0.25, 0.3) is 10.9 Å². The van der Waals surface area contributed by atoms with Gasteiger partial charge >= 0.3 is 0 Å². The fourth-order valence-electron chi connectivity index (χ4n) is 6.13. The number of carbonyl (C=O) groups excluding carboxylic acids is 3. The van der Waals surface area contributed by atoms with Crippen LogP contribution >= 0.6 is 24.8 Å². The number of ether oxygens (including phenoxy) is 1. The molecule has 12 nitrogen and oxygen atoms in total. The van der Waals surface area contributed by atoms with Gasteiger partial charge in [-0.25, -0.2) is 14.9 Å². The van der Waals surface area contributed by atoms with Gasteiger partial charge in [-0.05, 0) is 88.4 Å². The summed E-state index contributed by atoms with van der Waals surface area (Å²) < 4.78 is 5.78. The Morgan fingerprint density at radius 3 is 2.31 bits per heavy atom. The quantitative estimate of drug-likeness (QED) is 0.227. The highest BCUT2D eigenvalue weighted by Gasteiger charge is 2.42. The monoisotopic (exact) mass is 716 g/mol. The number of nitrogens with one attached hydrogen (secondary N) is 4. The Labute approximate surface area is 301 Å². The van der Waals surface area contributed by atoms with Gasteiger partial charge in [0.25, 0.3) is 11.8 Å². The third kappa shape index (κ3) is 9.10. The van der Waals surface area contributed by atoms with E-state index in [9.17, 15) is 14.4 Å². The number of methoxy groups -OCH3 is 1. The number of aromatic nitrogens is 2. The molecule has 0 radical (unpaired) electrons. The van der Waals surface area contributed by atoms with Crippen LogP contribution in [0.2, 0.25) is 0 Å². The van der Waals surface area contributed by atoms with Gasteiger partial charge in [0.1, 0.15) is 23.9 Å². The summed E-state index contributed by atoms with van der Waals surface area (Å²) in [5.74, 6) is -0.480. The van der Waals surface area contributed by atoms with Crippen LogP contribution in [0.5, 0.6) is 5.75 Å². The Balaban J connectivity index is 0.00000325. The van der Waals surface area contributed by atoms with E-state index in [-0.39, 0.29) is 36.4 Å². The minimum atomic E-state index is -1.01. The number of halogens is 2. The molecule has 2 aliphatic rings. The van der Waals surface area contributed by atoms with E-state index < -0.39 is 35.4 Å². The lowest BCUT2D eigenvalue weighted by Gasteiger charge is -2.36. The maximum absolute atomic E-state index is 14.6. The summed E-state index contributed by atoms with van der Waals surface area (Å²) in [6.07, 6.45) is 6.55. The number of imide groups is 1. The van der Waals surface area contributed by atoms with Gasteiger partial charge in [-0.1, -0.05) is 20.8 Å². The molecule has 1 aromatic heterocycles. The molecule has 268 valence electrons. The van der Waals surface area contributed by atoms with Crippen molar-refractivity contribution in [3.8, 4) is 5.75 Å². The minimum Gasteiger partial charge on any atom is -0.494 e. The summed E-state index contributed by atoms with van der Waals surface area (Å²) in [7, 11) is 3.17. The molecule has 3 atom stereocenters. The van der Waals surface area contributed by atoms with E-state index in [4.69, 9.17) is 4.74 Å². The van der Waals surface area contributed by atoms with Gasteiger partial charge in [-0.2, -0.15) is 0 Å². The lowest BCUT2D eigenvalue weighted by Crippen LogP contribution is -2.60. The van der Waals surface area contributed by atoms with Crippen LogP contribution in [0.15, 0.2) is 42.7 Å². The number of nitrogens with zero attached hydrogens (tertiary/aromatic N) is 4. The number of fused-ring (bicyclic) bond motifs is 1. The van der Waals surface area contributed by atoms with Gasteiger partial charge in [0.05, 0.1) is 30.4 Å². The zero-order valence-electron chi connectivity index (χ0n) is 29.2. The summed E-state index contributed by atoms with van der Waals surface area (Å²) in [6, 6.07) is 9.58. The minimum absolute atomic E-state index is 0. The van der Waals surface area contributed by atoms with E-state index >= 15 is 0 Å². The molecule has 5 rings (SSSR count). The first-order valence-corrected chi connectivity index (χ1v) is 16.6. The van der Waals surface area contributed by atoms with Crippen LogP contribution in [0.1, 0.15) is 59.8 Å². The van der Waals surface area contributed by atoms with E-state index in [2.05, 4.69) is 48.3 Å². The first-order valence-electron chi connectivity index (χ1n) is 16.6. The highest BCUT2D eigenvalue weighted by molar-refractivity contribution is 6.20. The van der Waals surface area contributed by atoms with E-state index in [0.29, 0.717) is 35.4 Å². The molecule has 4 N–H and O–H groups in total. The molecule has 14 heteroatoms. The Hall–Kier alpha value is -3.71. The normalized spacial score (nSPS) is 17.3. The Morgan fingerprint density at radius 2 is 1.71 bits per heavy atom. The van der Waals surface area contributed by atoms with E-state index in [0.717, 1.165) is 25.2 Å². The van der Waals surface area contributed by atoms with Crippen molar-refractivity contribution in [1.29, 1.82) is 0 Å². The van der Waals surface area contributed by atoms with E-state index in [1.807, 2.05) is 32.9 Å². The largest absolute Gasteiger partial charge is 0.494 e. The van der Waals surface area contributed by atoms with Gasteiger partial charge in [0, 0.05) is 35.9 Å². The van der Waals surface area contributed by atoms with Gasteiger partial charge in [-0.15, -0.1) is 24.8 Å². The summed E-state index contributed by atoms with van der Waals surface area (Å²) in [5.41, 5.74) is 2.15. The van der Waals surface area contributed by atoms with Crippen molar-refractivity contribution in [2.45, 2.75) is 77.9 Å². The van der Waals surface area contributed by atoms with Crippen LogP contribution in [-0.2, 0) is 14.4 Å². The number of benzene rings is 2. The summed E-state index contributed by atoms with van der Waals surface area (Å²) in [4.78, 5) is 54.5. The van der Waals surface area contributed by atoms with Crippen LogP contribution in [0.3, 0.4) is 0 Å². The molecule has 3 amide bonds. The molecule has 3 heterocycles. The SMILES string of the molecule is CN[C@@H](C)C(=O)N[C@H](C(=O)N(C(=O)C1CCCN1)c1cc2c(Nc3ccc(N4CCCCC4)cc3)ncnc2cc1OC)C(C)(C)C.Cl.Cl. The zero-order chi connectivity index (χ0) is 33.7. The van der Waals surface area contributed by atoms with Crippen molar-refractivity contribution < 1.29 is 19.1 Å². The smallest absolute Gasteiger partial charge is 0.257 e. The van der Waals surface area contributed by atoms with Crippen molar-refractivity contribution in [3.05, 3.63) is 42.7 Å². The standard InChI is InChI=1S/C35H48N8O4.2ClH/c1-22(36-5)32(44)41-30(35(2,3)4)34(46)43(33(45)26-11-10-16-37-26)28-19-25-27(20-29(28)47-6)38-21-39-31(25)40-23-12-14-24(15-13-23)42-17-8-7-9-18-42;;/h12-15,19-22,26,30,36-37H,7-11,16-18H2,1-6H3,(H,41,44)(H,38,39,40);2*1H/t22-,26?,30+;;/m0../s1. The molecular weight excluding hydrogens is 667 g/mol. The van der Waals surface area contributed by atoms with Gasteiger partial charge in [0.2, 0.25) is 5.91 Å². The molecule has 0 aliphatic carbocycles. The average Bonchev–Trinajstić information content (AvgIpc) is 3.62.